The molecule has 11 heteroatoms. The smallest absolute Gasteiger partial charge is 0.331 e. The van der Waals surface area contributed by atoms with Gasteiger partial charge in [0.05, 0.1) is 27.5 Å². The first-order valence-electron chi connectivity index (χ1n) is 13.6. The van der Waals surface area contributed by atoms with E-state index in [1.807, 2.05) is 13.0 Å². The number of aryl methyl sites for hydroxylation is 1. The van der Waals surface area contributed by atoms with Crippen LogP contribution in [0.2, 0.25) is 5.02 Å². The number of hydrogen-bond donors (Lipinski definition) is 2. The lowest BCUT2D eigenvalue weighted by atomic mass is 10.0. The normalized spacial score (nSPS) is 16.9. The summed E-state index contributed by atoms with van der Waals surface area (Å²) in [5.74, 6) is 0.0257. The Morgan fingerprint density at radius 3 is 2.58 bits per heavy atom. The van der Waals surface area contributed by atoms with E-state index in [1.165, 1.54) is 16.7 Å². The van der Waals surface area contributed by atoms with Gasteiger partial charge in [0.15, 0.2) is 0 Å². The standard InChI is InChI=1S/C29H31ClN6O4/c1-2-34-25-11-10-21(14-23(25)27(38)36(29(34)40)17-18-6-7-18)33-28(39)35-12-4-3-5-22(35)16-32-26(37)19-8-9-20(15-31)24(30)13-19/h8-11,13-14,18,22H,2-7,12,16-17H2,1H3,(H,32,37)(H,33,39). The molecule has 1 aromatic heterocycles. The van der Waals surface area contributed by atoms with E-state index in [4.69, 9.17) is 16.9 Å². The van der Waals surface area contributed by atoms with Gasteiger partial charge in [-0.25, -0.2) is 9.59 Å². The zero-order valence-electron chi connectivity index (χ0n) is 22.3. The van der Waals surface area contributed by atoms with E-state index >= 15 is 0 Å². The van der Waals surface area contributed by atoms with Gasteiger partial charge in [-0.15, -0.1) is 0 Å². The minimum atomic E-state index is -0.339. The molecule has 1 aliphatic heterocycles. The van der Waals surface area contributed by atoms with E-state index in [9.17, 15) is 19.2 Å². The van der Waals surface area contributed by atoms with Crippen molar-refractivity contribution in [3.8, 4) is 6.07 Å². The number of piperidine rings is 1. The molecule has 0 radical (unpaired) electrons. The maximum absolute atomic E-state index is 13.3. The van der Waals surface area contributed by atoms with Crippen molar-refractivity contribution in [3.63, 3.8) is 0 Å². The molecule has 1 unspecified atom stereocenters. The number of nitriles is 1. The molecule has 1 saturated carbocycles. The molecule has 40 heavy (non-hydrogen) atoms. The van der Waals surface area contributed by atoms with Crippen molar-refractivity contribution in [2.75, 3.05) is 18.4 Å². The quantitative estimate of drug-likeness (QED) is 0.451. The van der Waals surface area contributed by atoms with Crippen LogP contribution in [0.3, 0.4) is 0 Å². The maximum Gasteiger partial charge on any atom is 0.331 e. The Hall–Kier alpha value is -4.10. The molecule has 2 aliphatic rings. The van der Waals surface area contributed by atoms with Gasteiger partial charge in [-0.3, -0.25) is 18.7 Å². The van der Waals surface area contributed by atoms with Crippen LogP contribution in [0.25, 0.3) is 10.9 Å². The van der Waals surface area contributed by atoms with Crippen molar-refractivity contribution >= 4 is 40.1 Å². The summed E-state index contributed by atoms with van der Waals surface area (Å²) < 4.78 is 2.91. The number of nitrogens with one attached hydrogen (secondary N) is 2. The summed E-state index contributed by atoms with van der Waals surface area (Å²) in [7, 11) is 0. The number of anilines is 1. The largest absolute Gasteiger partial charge is 0.350 e. The number of urea groups is 1. The Labute approximate surface area is 236 Å². The Morgan fingerprint density at radius 2 is 1.88 bits per heavy atom. The van der Waals surface area contributed by atoms with Gasteiger partial charge in [0.2, 0.25) is 0 Å². The van der Waals surface area contributed by atoms with Crippen LogP contribution in [0, 0.1) is 17.2 Å². The van der Waals surface area contributed by atoms with Gasteiger partial charge in [-0.05, 0) is 81.3 Å². The third kappa shape index (κ3) is 5.61. The van der Waals surface area contributed by atoms with E-state index in [1.54, 1.807) is 33.7 Å². The van der Waals surface area contributed by atoms with Crippen LogP contribution in [0.15, 0.2) is 46.0 Å². The van der Waals surface area contributed by atoms with Crippen molar-refractivity contribution in [2.24, 2.45) is 5.92 Å². The molecule has 10 nitrogen and oxygen atoms in total. The van der Waals surface area contributed by atoms with Crippen molar-refractivity contribution in [3.05, 3.63) is 73.4 Å². The van der Waals surface area contributed by atoms with Gasteiger partial charge in [0.25, 0.3) is 11.5 Å². The molecule has 0 spiro atoms. The van der Waals surface area contributed by atoms with Gasteiger partial charge in [0, 0.05) is 37.4 Å². The summed E-state index contributed by atoms with van der Waals surface area (Å²) >= 11 is 6.07. The average molecular weight is 563 g/mol. The zero-order valence-corrected chi connectivity index (χ0v) is 23.0. The minimum Gasteiger partial charge on any atom is -0.350 e. The monoisotopic (exact) mass is 562 g/mol. The average Bonchev–Trinajstić information content (AvgIpc) is 3.79. The fraction of sp³-hybridized carbons (Fsp3) is 0.414. The van der Waals surface area contributed by atoms with E-state index in [0.717, 1.165) is 32.1 Å². The lowest BCUT2D eigenvalue weighted by Gasteiger charge is -2.35. The summed E-state index contributed by atoms with van der Waals surface area (Å²) in [5.41, 5.74) is 1.00. The fourth-order valence-corrected chi connectivity index (χ4v) is 5.48. The first-order chi connectivity index (χ1) is 19.3. The van der Waals surface area contributed by atoms with Gasteiger partial charge in [-0.1, -0.05) is 11.6 Å². The number of nitrogens with zero attached hydrogens (tertiary/aromatic N) is 4. The molecule has 3 aromatic rings. The molecule has 2 fully saturated rings. The highest BCUT2D eigenvalue weighted by Crippen LogP contribution is 2.30. The summed E-state index contributed by atoms with van der Waals surface area (Å²) in [6.45, 7) is 3.51. The summed E-state index contributed by atoms with van der Waals surface area (Å²) in [5, 5.41) is 15.4. The van der Waals surface area contributed by atoms with E-state index in [0.29, 0.717) is 53.3 Å². The number of carbonyl (C=O) groups excluding carboxylic acids is 2. The number of amides is 3. The number of fused-ring (bicyclic) bond motifs is 1. The molecule has 1 aliphatic carbocycles. The van der Waals surface area contributed by atoms with Gasteiger partial charge in [0.1, 0.15) is 6.07 Å². The van der Waals surface area contributed by atoms with Crippen molar-refractivity contribution in [2.45, 2.75) is 58.2 Å². The molecular formula is C29H31ClN6O4. The van der Waals surface area contributed by atoms with Crippen molar-refractivity contribution in [1.82, 2.24) is 19.4 Å². The third-order valence-corrected chi connectivity index (χ3v) is 7.98. The van der Waals surface area contributed by atoms with Crippen LogP contribution >= 0.6 is 11.6 Å². The lowest BCUT2D eigenvalue weighted by Crippen LogP contribution is -2.50. The lowest BCUT2D eigenvalue weighted by molar-refractivity contribution is 0.0929. The van der Waals surface area contributed by atoms with Crippen molar-refractivity contribution < 1.29 is 9.59 Å². The Kier molecular flexibility index (Phi) is 7.94. The van der Waals surface area contributed by atoms with Crippen LogP contribution in [0.4, 0.5) is 10.5 Å². The van der Waals surface area contributed by atoms with E-state index < -0.39 is 0 Å². The predicted octanol–water partition coefficient (Wildman–Crippen LogP) is 3.93. The topological polar surface area (TPSA) is 129 Å². The highest BCUT2D eigenvalue weighted by atomic mass is 35.5. The first-order valence-corrected chi connectivity index (χ1v) is 14.0. The molecule has 1 saturated heterocycles. The second-order valence-corrected chi connectivity index (χ2v) is 10.8. The fourth-order valence-electron chi connectivity index (χ4n) is 5.26. The second kappa shape index (κ2) is 11.6. The van der Waals surface area contributed by atoms with E-state index in [-0.39, 0.29) is 40.8 Å². The molecule has 2 N–H and O–H groups in total. The molecule has 208 valence electrons. The second-order valence-electron chi connectivity index (χ2n) is 10.4. The number of rotatable bonds is 7. The molecule has 2 aromatic carbocycles. The number of likely N-dealkylation sites (tertiary alicyclic amines) is 1. The zero-order chi connectivity index (χ0) is 28.4. The Balaban J connectivity index is 1.32. The van der Waals surface area contributed by atoms with Gasteiger partial charge >= 0.3 is 11.7 Å². The molecule has 5 rings (SSSR count). The number of aromatic nitrogens is 2. The molecule has 0 bridgehead atoms. The summed E-state index contributed by atoms with van der Waals surface area (Å²) in [4.78, 5) is 54.0. The van der Waals surface area contributed by atoms with Crippen LogP contribution < -0.4 is 21.9 Å². The third-order valence-electron chi connectivity index (χ3n) is 7.67. The van der Waals surface area contributed by atoms with E-state index in [2.05, 4.69) is 10.6 Å². The molecule has 1 atom stereocenters. The number of carbonyl (C=O) groups is 2. The number of halogens is 1. The van der Waals surface area contributed by atoms with Gasteiger partial charge < -0.3 is 15.5 Å². The Morgan fingerprint density at radius 1 is 1.07 bits per heavy atom. The predicted molar refractivity (Wildman–Crippen MR) is 153 cm³/mol. The number of hydrogen-bond acceptors (Lipinski definition) is 5. The summed E-state index contributed by atoms with van der Waals surface area (Å²) in [6, 6.07) is 11.0. The van der Waals surface area contributed by atoms with Crippen molar-refractivity contribution in [1.29, 1.82) is 5.26 Å². The highest BCUT2D eigenvalue weighted by Gasteiger charge is 2.28. The van der Waals surface area contributed by atoms with Crippen LogP contribution in [-0.2, 0) is 13.1 Å². The molecular weight excluding hydrogens is 532 g/mol. The van der Waals surface area contributed by atoms with Gasteiger partial charge in [-0.2, -0.15) is 5.26 Å². The highest BCUT2D eigenvalue weighted by molar-refractivity contribution is 6.32. The van der Waals surface area contributed by atoms with Crippen LogP contribution in [-0.4, -0.2) is 45.1 Å². The maximum atomic E-state index is 13.3. The van der Waals surface area contributed by atoms with Crippen LogP contribution in [0.5, 0.6) is 0 Å². The Bertz CT molecular complexity index is 1630. The summed E-state index contributed by atoms with van der Waals surface area (Å²) in [6.07, 6.45) is 4.54. The SMILES string of the molecule is CCn1c(=O)n(CC2CC2)c(=O)c2cc(NC(=O)N3CCCCC3CNC(=O)c3ccc(C#N)c(Cl)c3)ccc21. The van der Waals surface area contributed by atoms with Crippen LogP contribution in [0.1, 0.15) is 54.9 Å². The molecule has 2 heterocycles. The minimum absolute atomic E-state index is 0.208. The number of benzene rings is 2. The molecule has 3 amide bonds. The first kappa shape index (κ1) is 27.5.